The second-order valence-corrected chi connectivity index (χ2v) is 9.02. The lowest BCUT2D eigenvalue weighted by Crippen LogP contribution is -2.57. The number of fused-ring (bicyclic) bond motifs is 1. The summed E-state index contributed by atoms with van der Waals surface area (Å²) in [7, 11) is 2.26. The molecule has 4 aliphatic rings. The van der Waals surface area contributed by atoms with Gasteiger partial charge in [0.25, 0.3) is 0 Å². The first-order chi connectivity index (χ1) is 12.0. The number of rotatable bonds is 2. The van der Waals surface area contributed by atoms with E-state index in [1.54, 1.807) is 0 Å². The van der Waals surface area contributed by atoms with Gasteiger partial charge in [-0.2, -0.15) is 0 Å². The largest absolute Gasteiger partial charge is 0.336 e. The highest BCUT2D eigenvalue weighted by atomic mass is 16.2. The topological polar surface area (TPSA) is 43.9 Å². The molecule has 0 N–H and O–H groups in total. The summed E-state index contributed by atoms with van der Waals surface area (Å²) in [6.45, 7) is 4.33. The summed E-state index contributed by atoms with van der Waals surface area (Å²) in [6, 6.07) is 1.46. The Hall–Kier alpha value is -1.10. The van der Waals surface area contributed by atoms with E-state index in [0.717, 1.165) is 38.8 Å². The van der Waals surface area contributed by atoms with Crippen molar-refractivity contribution in [1.82, 2.24) is 14.7 Å². The smallest absolute Gasteiger partial charge is 0.242 e. The summed E-state index contributed by atoms with van der Waals surface area (Å²) >= 11 is 0. The maximum absolute atomic E-state index is 13.2. The molecule has 0 aromatic carbocycles. The van der Waals surface area contributed by atoms with Crippen LogP contribution in [0.25, 0.3) is 0 Å². The van der Waals surface area contributed by atoms with Crippen LogP contribution in [0.5, 0.6) is 0 Å². The van der Waals surface area contributed by atoms with Crippen molar-refractivity contribution >= 4 is 11.8 Å². The van der Waals surface area contributed by atoms with E-state index in [2.05, 4.69) is 23.8 Å². The van der Waals surface area contributed by atoms with Gasteiger partial charge in [-0.15, -0.1) is 0 Å². The molecule has 4 rings (SSSR count). The lowest BCUT2D eigenvalue weighted by atomic mass is 9.71. The summed E-state index contributed by atoms with van der Waals surface area (Å²) in [5, 5.41) is 0. The molecule has 0 spiro atoms. The first kappa shape index (κ1) is 17.3. The highest BCUT2D eigenvalue weighted by molar-refractivity contribution is 5.85. The van der Waals surface area contributed by atoms with Crippen molar-refractivity contribution in [3.05, 3.63) is 0 Å². The third kappa shape index (κ3) is 2.88. The molecule has 1 aliphatic carbocycles. The van der Waals surface area contributed by atoms with Crippen LogP contribution in [0, 0.1) is 5.41 Å². The van der Waals surface area contributed by atoms with E-state index in [9.17, 15) is 9.59 Å². The van der Waals surface area contributed by atoms with Crippen LogP contribution in [-0.4, -0.2) is 71.3 Å². The van der Waals surface area contributed by atoms with Gasteiger partial charge in [0, 0.05) is 43.1 Å². The average Bonchev–Trinajstić information content (AvgIpc) is 2.79. The van der Waals surface area contributed by atoms with E-state index in [-0.39, 0.29) is 17.2 Å². The van der Waals surface area contributed by atoms with E-state index in [4.69, 9.17) is 0 Å². The summed E-state index contributed by atoms with van der Waals surface area (Å²) in [5.74, 6) is 0.361. The van der Waals surface area contributed by atoms with Gasteiger partial charge in [-0.1, -0.05) is 26.2 Å². The summed E-state index contributed by atoms with van der Waals surface area (Å²) < 4.78 is 0. The van der Waals surface area contributed by atoms with Gasteiger partial charge in [0.15, 0.2) is 0 Å². The molecule has 0 unspecified atom stereocenters. The van der Waals surface area contributed by atoms with E-state index < -0.39 is 0 Å². The summed E-state index contributed by atoms with van der Waals surface area (Å²) in [6.07, 6.45) is 9.86. The lowest BCUT2D eigenvalue weighted by Gasteiger charge is -2.47. The third-order valence-electron chi connectivity index (χ3n) is 7.57. The fourth-order valence-corrected chi connectivity index (χ4v) is 6.20. The Labute approximate surface area is 151 Å². The first-order valence-electron chi connectivity index (χ1n) is 10.3. The predicted octanol–water partition coefficient (Wildman–Crippen LogP) is 2.25. The van der Waals surface area contributed by atoms with E-state index in [1.807, 2.05) is 4.90 Å². The standard InChI is InChI=1S/C20H33N3O2/c1-20-12-15-13-23(17(20)9-6-5-8-16(20)21(15)2)19(25)14-22-11-7-3-4-10-18(22)24/h15-17H,3-14H2,1-2H3/t15-,16-,17+,20-/m0/s1. The number of carbonyl (C=O) groups is 2. The van der Waals surface area contributed by atoms with Crippen LogP contribution in [0.4, 0.5) is 0 Å². The van der Waals surface area contributed by atoms with Crippen molar-refractivity contribution in [2.75, 3.05) is 26.7 Å². The van der Waals surface area contributed by atoms with Crippen LogP contribution < -0.4 is 0 Å². The maximum Gasteiger partial charge on any atom is 0.242 e. The van der Waals surface area contributed by atoms with Gasteiger partial charge in [0.2, 0.25) is 11.8 Å². The Balaban J connectivity index is 1.53. The number of likely N-dealkylation sites (N-methyl/N-ethyl adjacent to an activating group) is 1. The number of nitrogens with zero attached hydrogens (tertiary/aromatic N) is 3. The molecule has 5 heteroatoms. The van der Waals surface area contributed by atoms with Crippen LogP contribution >= 0.6 is 0 Å². The van der Waals surface area contributed by atoms with Gasteiger partial charge in [0.1, 0.15) is 0 Å². The minimum absolute atomic E-state index is 0.174. The Morgan fingerprint density at radius 2 is 1.88 bits per heavy atom. The number of hydrogen-bond donors (Lipinski definition) is 0. The van der Waals surface area contributed by atoms with Gasteiger partial charge in [0.05, 0.1) is 6.54 Å². The molecule has 0 aromatic heterocycles. The molecule has 0 radical (unpaired) electrons. The van der Waals surface area contributed by atoms with Crippen molar-refractivity contribution < 1.29 is 9.59 Å². The predicted molar refractivity (Wildman–Crippen MR) is 97.1 cm³/mol. The fourth-order valence-electron chi connectivity index (χ4n) is 6.20. The monoisotopic (exact) mass is 347 g/mol. The molecular formula is C20H33N3O2. The molecular weight excluding hydrogens is 314 g/mol. The van der Waals surface area contributed by atoms with Gasteiger partial charge < -0.3 is 9.80 Å². The van der Waals surface area contributed by atoms with Crippen molar-refractivity contribution in [3.63, 3.8) is 0 Å². The van der Waals surface area contributed by atoms with Crippen molar-refractivity contribution in [1.29, 1.82) is 0 Å². The van der Waals surface area contributed by atoms with E-state index in [0.29, 0.717) is 31.1 Å². The zero-order chi connectivity index (χ0) is 17.6. The second-order valence-electron chi connectivity index (χ2n) is 9.02. The first-order valence-corrected chi connectivity index (χ1v) is 10.3. The number of piperidine rings is 1. The maximum atomic E-state index is 13.2. The quantitative estimate of drug-likeness (QED) is 0.770. The number of hydrogen-bond acceptors (Lipinski definition) is 3. The fraction of sp³-hybridized carbons (Fsp3) is 0.900. The minimum atomic E-state index is 0.174. The normalized spacial score (nSPS) is 39.3. The van der Waals surface area contributed by atoms with Gasteiger partial charge >= 0.3 is 0 Å². The Morgan fingerprint density at radius 3 is 2.68 bits per heavy atom. The molecule has 4 atom stereocenters. The molecule has 25 heavy (non-hydrogen) atoms. The Kier molecular flexibility index (Phi) is 4.55. The molecule has 4 fully saturated rings. The van der Waals surface area contributed by atoms with Crippen molar-refractivity contribution in [2.45, 2.75) is 82.8 Å². The average molecular weight is 348 g/mol. The third-order valence-corrected chi connectivity index (χ3v) is 7.57. The van der Waals surface area contributed by atoms with Gasteiger partial charge in [-0.05, 0) is 39.2 Å². The number of likely N-dealkylation sites (tertiary alicyclic amines) is 3. The van der Waals surface area contributed by atoms with Crippen LogP contribution in [0.3, 0.4) is 0 Å². The van der Waals surface area contributed by atoms with Gasteiger partial charge in [-0.25, -0.2) is 0 Å². The highest BCUT2D eigenvalue weighted by Crippen LogP contribution is 2.52. The van der Waals surface area contributed by atoms with Crippen molar-refractivity contribution in [2.24, 2.45) is 5.41 Å². The molecule has 3 aliphatic heterocycles. The second kappa shape index (κ2) is 6.57. The summed E-state index contributed by atoms with van der Waals surface area (Å²) in [4.78, 5) is 32.1. The van der Waals surface area contributed by atoms with Crippen LogP contribution in [0.15, 0.2) is 0 Å². The van der Waals surface area contributed by atoms with Crippen LogP contribution in [0.1, 0.15) is 64.7 Å². The molecule has 1 saturated carbocycles. The van der Waals surface area contributed by atoms with Crippen molar-refractivity contribution in [3.8, 4) is 0 Å². The lowest BCUT2D eigenvalue weighted by molar-refractivity contribution is -0.145. The molecule has 5 nitrogen and oxygen atoms in total. The van der Waals surface area contributed by atoms with Crippen LogP contribution in [0.2, 0.25) is 0 Å². The van der Waals surface area contributed by atoms with Crippen LogP contribution in [-0.2, 0) is 9.59 Å². The van der Waals surface area contributed by atoms with Gasteiger partial charge in [-0.3, -0.25) is 14.5 Å². The molecule has 0 aromatic rings. The van der Waals surface area contributed by atoms with E-state index in [1.165, 1.54) is 25.7 Å². The number of amides is 2. The summed E-state index contributed by atoms with van der Waals surface area (Å²) in [5.41, 5.74) is 0.229. The minimum Gasteiger partial charge on any atom is -0.336 e. The van der Waals surface area contributed by atoms with E-state index >= 15 is 0 Å². The number of carbonyl (C=O) groups excluding carboxylic acids is 2. The Morgan fingerprint density at radius 1 is 1.12 bits per heavy atom. The highest BCUT2D eigenvalue weighted by Gasteiger charge is 2.58. The molecule has 2 amide bonds. The zero-order valence-electron chi connectivity index (χ0n) is 15.9. The molecule has 2 bridgehead atoms. The Bertz CT molecular complexity index is 551. The molecule has 3 saturated heterocycles. The molecule has 140 valence electrons. The zero-order valence-corrected chi connectivity index (χ0v) is 15.9. The molecule has 3 heterocycles. The SMILES string of the molecule is CN1[C@@H]2CN(C(=O)CN3CCCCCC3=O)[C@@H]3CCCC[C@H]1[C@]3(C)C2.